The molecule has 0 radical (unpaired) electrons. The molecular formula is C34H39F6N7O4. The Balaban J connectivity index is 0.000000424. The second kappa shape index (κ2) is 18.4. The third-order valence-corrected chi connectivity index (χ3v) is 7.87. The molecule has 0 bridgehead atoms. The minimum absolute atomic E-state index is 0.524. The van der Waals surface area contributed by atoms with Crippen LogP contribution in [0.3, 0.4) is 0 Å². The standard InChI is InChI=1S/C30H37N7.2C2HF3O2/c1-3-35(4-2)14-15-36-16-18-37(19-17-36)30-32-22-26-20-27(24-8-6-5-7-9-24)28(33-29(26)34-30)25-12-10-23(21-31)11-13-25;2*3-2(4,5)1(6)7/h5-13,20,22H,3-4,14-19,21,31H2,1-2H3;2*(H,6,7). The Hall–Kier alpha value is -4.87. The number of aromatic nitrogens is 3. The summed E-state index contributed by atoms with van der Waals surface area (Å²) >= 11 is 0. The van der Waals surface area contributed by atoms with Crippen molar-refractivity contribution in [1.29, 1.82) is 0 Å². The molecule has 0 aliphatic carbocycles. The number of fused-ring (bicyclic) bond motifs is 1. The van der Waals surface area contributed by atoms with Gasteiger partial charge in [-0.2, -0.15) is 31.3 Å². The molecule has 2 aromatic heterocycles. The van der Waals surface area contributed by atoms with Gasteiger partial charge in [0.2, 0.25) is 5.95 Å². The van der Waals surface area contributed by atoms with Gasteiger partial charge in [-0.3, -0.25) is 4.90 Å². The number of nitrogens with two attached hydrogens (primary N) is 1. The molecule has 0 amide bonds. The van der Waals surface area contributed by atoms with Crippen molar-refractivity contribution in [2.75, 3.05) is 57.3 Å². The fraction of sp³-hybridized carbons (Fsp3) is 0.382. The topological polar surface area (TPSA) is 149 Å². The van der Waals surface area contributed by atoms with E-state index in [1.165, 1.54) is 0 Å². The summed E-state index contributed by atoms with van der Waals surface area (Å²) < 4.78 is 63.5. The number of pyridine rings is 1. The highest BCUT2D eigenvalue weighted by atomic mass is 19.4. The van der Waals surface area contributed by atoms with Gasteiger partial charge in [-0.05, 0) is 30.3 Å². The number of hydrogen-bond donors (Lipinski definition) is 3. The van der Waals surface area contributed by atoms with Crippen LogP contribution in [0.2, 0.25) is 0 Å². The van der Waals surface area contributed by atoms with E-state index in [2.05, 4.69) is 83.1 Å². The van der Waals surface area contributed by atoms with Crippen molar-refractivity contribution in [3.8, 4) is 22.4 Å². The largest absolute Gasteiger partial charge is 0.490 e. The van der Waals surface area contributed by atoms with E-state index in [1.54, 1.807) is 0 Å². The van der Waals surface area contributed by atoms with Crippen LogP contribution in [-0.4, -0.2) is 112 Å². The summed E-state index contributed by atoms with van der Waals surface area (Å²) in [4.78, 5) is 39.9. The number of carbonyl (C=O) groups is 2. The fourth-order valence-corrected chi connectivity index (χ4v) is 4.96. The molecular weight excluding hydrogens is 684 g/mol. The van der Waals surface area contributed by atoms with Crippen LogP contribution in [0.4, 0.5) is 32.3 Å². The van der Waals surface area contributed by atoms with E-state index >= 15 is 0 Å². The lowest BCUT2D eigenvalue weighted by molar-refractivity contribution is -0.193. The number of carboxylic acids is 2. The maximum absolute atomic E-state index is 10.6. The number of nitrogens with zero attached hydrogens (tertiary/aromatic N) is 6. The predicted octanol–water partition coefficient (Wildman–Crippen LogP) is 5.55. The smallest absolute Gasteiger partial charge is 0.475 e. The molecule has 1 aliphatic rings. The van der Waals surface area contributed by atoms with Gasteiger partial charge < -0.3 is 25.7 Å². The number of likely N-dealkylation sites (N-methyl/N-ethyl adjacent to an activating group) is 1. The highest BCUT2D eigenvalue weighted by Gasteiger charge is 2.38. The van der Waals surface area contributed by atoms with Crippen LogP contribution in [0, 0.1) is 0 Å². The molecule has 51 heavy (non-hydrogen) atoms. The Labute approximate surface area is 290 Å². The molecule has 1 fully saturated rings. The van der Waals surface area contributed by atoms with Gasteiger partial charge >= 0.3 is 24.3 Å². The van der Waals surface area contributed by atoms with Crippen molar-refractivity contribution in [2.24, 2.45) is 5.73 Å². The highest BCUT2D eigenvalue weighted by molar-refractivity contribution is 5.90. The number of benzene rings is 2. The Morgan fingerprint density at radius 2 is 1.37 bits per heavy atom. The van der Waals surface area contributed by atoms with Gasteiger partial charge in [0, 0.05) is 68.5 Å². The highest BCUT2D eigenvalue weighted by Crippen LogP contribution is 2.33. The monoisotopic (exact) mass is 723 g/mol. The number of anilines is 1. The third kappa shape index (κ3) is 12.1. The zero-order chi connectivity index (χ0) is 37.8. The minimum atomic E-state index is -5.08. The Morgan fingerprint density at radius 3 is 1.86 bits per heavy atom. The number of halogens is 6. The van der Waals surface area contributed by atoms with E-state index in [1.807, 2.05) is 12.3 Å². The van der Waals surface area contributed by atoms with Gasteiger partial charge in [0.1, 0.15) is 0 Å². The summed E-state index contributed by atoms with van der Waals surface area (Å²) in [6, 6.07) is 20.9. The quantitative estimate of drug-likeness (QED) is 0.187. The normalized spacial score (nSPS) is 13.6. The van der Waals surface area contributed by atoms with Crippen molar-refractivity contribution in [3.05, 3.63) is 72.4 Å². The van der Waals surface area contributed by atoms with Crippen molar-refractivity contribution in [3.63, 3.8) is 0 Å². The Bertz CT molecular complexity index is 1690. The van der Waals surface area contributed by atoms with E-state index in [0.717, 1.165) is 97.3 Å². The second-order valence-electron chi connectivity index (χ2n) is 11.2. The van der Waals surface area contributed by atoms with Gasteiger partial charge in [0.25, 0.3) is 0 Å². The summed E-state index contributed by atoms with van der Waals surface area (Å²) in [6.07, 6.45) is -8.24. The molecule has 17 heteroatoms. The number of aliphatic carboxylic acids is 2. The second-order valence-corrected chi connectivity index (χ2v) is 11.2. The number of alkyl halides is 6. The van der Waals surface area contributed by atoms with Crippen LogP contribution in [0.1, 0.15) is 19.4 Å². The molecule has 2 aromatic carbocycles. The van der Waals surface area contributed by atoms with Crippen molar-refractivity contribution >= 4 is 28.9 Å². The molecule has 3 heterocycles. The van der Waals surface area contributed by atoms with Crippen LogP contribution < -0.4 is 10.6 Å². The van der Waals surface area contributed by atoms with Crippen LogP contribution in [0.15, 0.2) is 66.9 Å². The Kier molecular flexibility index (Phi) is 14.6. The number of rotatable bonds is 9. The lowest BCUT2D eigenvalue weighted by Gasteiger charge is -2.35. The molecule has 0 atom stereocenters. The fourth-order valence-electron chi connectivity index (χ4n) is 4.96. The molecule has 5 rings (SSSR count). The maximum Gasteiger partial charge on any atom is 0.490 e. The average Bonchev–Trinajstić information content (AvgIpc) is 3.11. The third-order valence-electron chi connectivity index (χ3n) is 7.87. The van der Waals surface area contributed by atoms with E-state index in [4.69, 9.17) is 40.5 Å². The zero-order valence-corrected chi connectivity index (χ0v) is 28.0. The molecule has 1 saturated heterocycles. The first kappa shape index (κ1) is 40.6. The first-order valence-corrected chi connectivity index (χ1v) is 15.9. The van der Waals surface area contributed by atoms with Crippen molar-refractivity contribution in [2.45, 2.75) is 32.7 Å². The maximum atomic E-state index is 10.6. The summed E-state index contributed by atoms with van der Waals surface area (Å²) in [5.74, 6) is -4.75. The van der Waals surface area contributed by atoms with Crippen LogP contribution >= 0.6 is 0 Å². The van der Waals surface area contributed by atoms with Crippen LogP contribution in [0.5, 0.6) is 0 Å². The molecule has 0 unspecified atom stereocenters. The number of carboxylic acid groups (broad SMARTS) is 2. The summed E-state index contributed by atoms with van der Waals surface area (Å²) in [7, 11) is 0. The van der Waals surface area contributed by atoms with Crippen LogP contribution in [-0.2, 0) is 16.1 Å². The minimum Gasteiger partial charge on any atom is -0.475 e. The van der Waals surface area contributed by atoms with Crippen molar-refractivity contribution in [1.82, 2.24) is 24.8 Å². The van der Waals surface area contributed by atoms with Gasteiger partial charge in [0.15, 0.2) is 5.65 Å². The molecule has 1 aliphatic heterocycles. The zero-order valence-electron chi connectivity index (χ0n) is 28.0. The van der Waals surface area contributed by atoms with E-state index in [0.29, 0.717) is 6.54 Å². The van der Waals surface area contributed by atoms with Gasteiger partial charge in [-0.15, -0.1) is 0 Å². The SMILES string of the molecule is CCN(CC)CCN1CCN(c2ncc3cc(-c4ccccc4)c(-c4ccc(CN)cc4)nc3n2)CC1.O=C(O)C(F)(F)F.O=C(O)C(F)(F)F. The van der Waals surface area contributed by atoms with E-state index in [9.17, 15) is 26.3 Å². The Morgan fingerprint density at radius 1 is 0.824 bits per heavy atom. The first-order chi connectivity index (χ1) is 24.1. The molecule has 4 aromatic rings. The lowest BCUT2D eigenvalue weighted by Crippen LogP contribution is -2.49. The van der Waals surface area contributed by atoms with Gasteiger partial charge in [0.05, 0.1) is 5.69 Å². The number of hydrogen-bond acceptors (Lipinski definition) is 9. The molecule has 0 saturated carbocycles. The number of piperazine rings is 1. The predicted molar refractivity (Wildman–Crippen MR) is 180 cm³/mol. The van der Waals surface area contributed by atoms with Gasteiger partial charge in [-0.25, -0.2) is 19.6 Å². The molecule has 0 spiro atoms. The summed E-state index contributed by atoms with van der Waals surface area (Å²) in [6.45, 7) is 13.4. The summed E-state index contributed by atoms with van der Waals surface area (Å²) in [5, 5.41) is 15.2. The molecule has 276 valence electrons. The van der Waals surface area contributed by atoms with Crippen molar-refractivity contribution < 1.29 is 46.1 Å². The lowest BCUT2D eigenvalue weighted by atomic mass is 9.98. The molecule has 4 N–H and O–H groups in total. The first-order valence-electron chi connectivity index (χ1n) is 15.9. The van der Waals surface area contributed by atoms with Gasteiger partial charge in [-0.1, -0.05) is 68.4 Å². The molecule has 11 nitrogen and oxygen atoms in total. The average molecular weight is 724 g/mol. The summed E-state index contributed by atoms with van der Waals surface area (Å²) in [5.41, 5.74) is 11.8. The van der Waals surface area contributed by atoms with E-state index in [-0.39, 0.29) is 0 Å². The van der Waals surface area contributed by atoms with Crippen LogP contribution in [0.25, 0.3) is 33.4 Å². The van der Waals surface area contributed by atoms with E-state index < -0.39 is 24.3 Å².